The first-order valence-electron chi connectivity index (χ1n) is 5.17. The Labute approximate surface area is 99.0 Å². The summed E-state index contributed by atoms with van der Waals surface area (Å²) in [6, 6.07) is 8.88. The topological polar surface area (TPSA) is 65.5 Å². The summed E-state index contributed by atoms with van der Waals surface area (Å²) in [7, 11) is 1.32. The molecule has 1 aromatic carbocycles. The number of hydrogen-bond acceptors (Lipinski definition) is 4. The third-order valence-electron chi connectivity index (χ3n) is 2.63. The van der Waals surface area contributed by atoms with Crippen molar-refractivity contribution in [2.24, 2.45) is 0 Å². The van der Waals surface area contributed by atoms with Crippen molar-refractivity contribution in [3.05, 3.63) is 41.7 Å². The number of carbonyl (C=O) groups is 1. The summed E-state index contributed by atoms with van der Waals surface area (Å²) >= 11 is 0. The van der Waals surface area contributed by atoms with Gasteiger partial charge in [-0.2, -0.15) is 0 Å². The fourth-order valence-electron chi connectivity index (χ4n) is 1.61. The van der Waals surface area contributed by atoms with E-state index in [2.05, 4.69) is 4.74 Å². The summed E-state index contributed by atoms with van der Waals surface area (Å²) < 4.78 is 10.0. The van der Waals surface area contributed by atoms with Gasteiger partial charge in [-0.15, -0.1) is 0 Å². The van der Waals surface area contributed by atoms with Crippen LogP contribution < -0.4 is 5.73 Å². The van der Waals surface area contributed by atoms with Crippen LogP contribution in [0.25, 0.3) is 11.3 Å². The van der Waals surface area contributed by atoms with Gasteiger partial charge in [0.25, 0.3) is 0 Å². The molecule has 0 fully saturated rings. The van der Waals surface area contributed by atoms with Crippen LogP contribution in [0.4, 0.5) is 5.69 Å². The zero-order valence-corrected chi connectivity index (χ0v) is 9.69. The SMILES string of the molecule is COC(=O)c1ccc(-c2cccc(N)c2C)o1. The van der Waals surface area contributed by atoms with E-state index in [-0.39, 0.29) is 5.76 Å². The lowest BCUT2D eigenvalue weighted by atomic mass is 10.1. The molecule has 1 heterocycles. The maximum Gasteiger partial charge on any atom is 0.373 e. The maximum atomic E-state index is 11.3. The fourth-order valence-corrected chi connectivity index (χ4v) is 1.61. The highest BCUT2D eigenvalue weighted by molar-refractivity contribution is 5.87. The molecule has 0 saturated carbocycles. The van der Waals surface area contributed by atoms with E-state index in [9.17, 15) is 4.79 Å². The second kappa shape index (κ2) is 4.33. The van der Waals surface area contributed by atoms with E-state index in [0.717, 1.165) is 11.1 Å². The smallest absolute Gasteiger partial charge is 0.373 e. The summed E-state index contributed by atoms with van der Waals surface area (Å²) in [4.78, 5) is 11.3. The molecular weight excluding hydrogens is 218 g/mol. The van der Waals surface area contributed by atoms with Gasteiger partial charge in [-0.25, -0.2) is 4.79 Å². The van der Waals surface area contributed by atoms with Gasteiger partial charge < -0.3 is 14.9 Å². The molecule has 0 aliphatic carbocycles. The summed E-state index contributed by atoms with van der Waals surface area (Å²) in [5, 5.41) is 0. The van der Waals surface area contributed by atoms with Gasteiger partial charge in [0, 0.05) is 11.3 Å². The van der Waals surface area contributed by atoms with E-state index in [1.807, 2.05) is 25.1 Å². The van der Waals surface area contributed by atoms with Crippen molar-refractivity contribution >= 4 is 11.7 Å². The quantitative estimate of drug-likeness (QED) is 0.637. The molecule has 4 heteroatoms. The first-order valence-corrected chi connectivity index (χ1v) is 5.17. The highest BCUT2D eigenvalue weighted by Gasteiger charge is 2.13. The number of benzene rings is 1. The second-order valence-electron chi connectivity index (χ2n) is 3.68. The van der Waals surface area contributed by atoms with E-state index in [1.165, 1.54) is 7.11 Å². The van der Waals surface area contributed by atoms with Gasteiger partial charge in [0.05, 0.1) is 7.11 Å². The van der Waals surface area contributed by atoms with Crippen molar-refractivity contribution in [2.75, 3.05) is 12.8 Å². The van der Waals surface area contributed by atoms with Crippen molar-refractivity contribution in [3.8, 4) is 11.3 Å². The molecule has 0 bridgehead atoms. The minimum atomic E-state index is -0.488. The fraction of sp³-hybridized carbons (Fsp3) is 0.154. The maximum absolute atomic E-state index is 11.3. The lowest BCUT2D eigenvalue weighted by Gasteiger charge is -2.05. The Morgan fingerprint density at radius 1 is 1.29 bits per heavy atom. The number of methoxy groups -OCH3 is 1. The molecule has 2 rings (SSSR count). The first-order chi connectivity index (χ1) is 8.13. The van der Waals surface area contributed by atoms with Crippen molar-refractivity contribution < 1.29 is 13.9 Å². The largest absolute Gasteiger partial charge is 0.463 e. The molecule has 0 saturated heterocycles. The third kappa shape index (κ3) is 2.01. The van der Waals surface area contributed by atoms with E-state index < -0.39 is 5.97 Å². The molecular formula is C13H13NO3. The normalized spacial score (nSPS) is 10.2. The van der Waals surface area contributed by atoms with E-state index >= 15 is 0 Å². The Morgan fingerprint density at radius 2 is 2.06 bits per heavy atom. The average molecular weight is 231 g/mol. The lowest BCUT2D eigenvalue weighted by Crippen LogP contribution is -1.98. The third-order valence-corrected chi connectivity index (χ3v) is 2.63. The van der Waals surface area contributed by atoms with Gasteiger partial charge in [-0.3, -0.25) is 0 Å². The molecule has 17 heavy (non-hydrogen) atoms. The number of esters is 1. The number of ether oxygens (including phenoxy) is 1. The first kappa shape index (κ1) is 11.3. The Kier molecular flexibility index (Phi) is 2.87. The average Bonchev–Trinajstić information content (AvgIpc) is 2.81. The molecule has 2 aromatic rings. The van der Waals surface area contributed by atoms with Gasteiger partial charge in [-0.1, -0.05) is 12.1 Å². The predicted molar refractivity (Wildman–Crippen MR) is 64.6 cm³/mol. The van der Waals surface area contributed by atoms with E-state index in [1.54, 1.807) is 12.1 Å². The molecule has 88 valence electrons. The Bertz CT molecular complexity index is 558. The molecule has 0 radical (unpaired) electrons. The van der Waals surface area contributed by atoms with E-state index in [4.69, 9.17) is 10.2 Å². The number of anilines is 1. The van der Waals surface area contributed by atoms with Gasteiger partial charge in [0.15, 0.2) is 0 Å². The number of carbonyl (C=O) groups excluding carboxylic acids is 1. The highest BCUT2D eigenvalue weighted by atomic mass is 16.5. The molecule has 0 amide bonds. The van der Waals surface area contributed by atoms with Crippen LogP contribution in [0.5, 0.6) is 0 Å². The van der Waals surface area contributed by atoms with Gasteiger partial charge in [0.2, 0.25) is 5.76 Å². The van der Waals surface area contributed by atoms with Crippen LogP contribution >= 0.6 is 0 Å². The Morgan fingerprint density at radius 3 is 2.76 bits per heavy atom. The number of rotatable bonds is 2. The van der Waals surface area contributed by atoms with Crippen molar-refractivity contribution in [3.63, 3.8) is 0 Å². The van der Waals surface area contributed by atoms with Crippen LogP contribution in [0.3, 0.4) is 0 Å². The number of furan rings is 1. The van der Waals surface area contributed by atoms with Crippen LogP contribution in [0.15, 0.2) is 34.7 Å². The zero-order chi connectivity index (χ0) is 12.4. The summed E-state index contributed by atoms with van der Waals surface area (Å²) in [5.74, 6) is 0.303. The molecule has 4 nitrogen and oxygen atoms in total. The van der Waals surface area contributed by atoms with Crippen LogP contribution in [0.2, 0.25) is 0 Å². The minimum Gasteiger partial charge on any atom is -0.463 e. The van der Waals surface area contributed by atoms with Gasteiger partial charge in [0.1, 0.15) is 5.76 Å². The monoisotopic (exact) mass is 231 g/mol. The van der Waals surface area contributed by atoms with Gasteiger partial charge >= 0.3 is 5.97 Å². The summed E-state index contributed by atoms with van der Waals surface area (Å²) in [5.41, 5.74) is 8.31. The molecule has 2 N–H and O–H groups in total. The molecule has 1 aromatic heterocycles. The molecule has 0 unspecified atom stereocenters. The zero-order valence-electron chi connectivity index (χ0n) is 9.69. The molecule has 0 spiro atoms. The van der Waals surface area contributed by atoms with Gasteiger partial charge in [-0.05, 0) is 30.7 Å². The second-order valence-corrected chi connectivity index (χ2v) is 3.68. The van der Waals surface area contributed by atoms with Crippen LogP contribution in [-0.4, -0.2) is 13.1 Å². The van der Waals surface area contributed by atoms with Crippen LogP contribution in [0, 0.1) is 6.92 Å². The van der Waals surface area contributed by atoms with Crippen molar-refractivity contribution in [1.29, 1.82) is 0 Å². The predicted octanol–water partition coefficient (Wildman–Crippen LogP) is 2.62. The van der Waals surface area contributed by atoms with Crippen molar-refractivity contribution in [2.45, 2.75) is 6.92 Å². The molecule has 0 aliphatic rings. The molecule has 0 atom stereocenters. The summed E-state index contributed by atoms with van der Waals surface area (Å²) in [6.45, 7) is 1.91. The summed E-state index contributed by atoms with van der Waals surface area (Å²) in [6.07, 6.45) is 0. The standard InChI is InChI=1S/C13H13NO3/c1-8-9(4-3-5-10(8)14)11-6-7-12(17-11)13(15)16-2/h3-7H,14H2,1-2H3. The highest BCUT2D eigenvalue weighted by Crippen LogP contribution is 2.28. The van der Waals surface area contributed by atoms with E-state index in [0.29, 0.717) is 11.4 Å². The van der Waals surface area contributed by atoms with Crippen LogP contribution in [0.1, 0.15) is 16.1 Å². The lowest BCUT2D eigenvalue weighted by molar-refractivity contribution is 0.0566. The number of nitrogens with two attached hydrogens (primary N) is 1. The number of hydrogen-bond donors (Lipinski definition) is 1. The van der Waals surface area contributed by atoms with Crippen molar-refractivity contribution in [1.82, 2.24) is 0 Å². The molecule has 0 aliphatic heterocycles. The Hall–Kier alpha value is -2.23. The Balaban J connectivity index is 2.44. The minimum absolute atomic E-state index is 0.185. The number of nitrogen functional groups attached to an aromatic ring is 1. The van der Waals surface area contributed by atoms with Crippen LogP contribution in [-0.2, 0) is 4.74 Å².